The number of amides is 1. The molecule has 0 spiro atoms. The zero-order valence-corrected chi connectivity index (χ0v) is 17.3. The molecule has 0 radical (unpaired) electrons. The molecule has 5 nitrogen and oxygen atoms in total. The molecule has 4 rings (SSSR count). The minimum absolute atomic E-state index is 0.0177. The van der Waals surface area contributed by atoms with Crippen LogP contribution in [0.25, 0.3) is 16.2 Å². The molecule has 4 aromatic rings. The molecule has 1 amide bonds. The summed E-state index contributed by atoms with van der Waals surface area (Å²) in [5.74, 6) is 0.842. The quantitative estimate of drug-likeness (QED) is 0.459. The number of hydrogen-bond donors (Lipinski definition) is 1. The van der Waals surface area contributed by atoms with E-state index in [-0.39, 0.29) is 5.91 Å². The van der Waals surface area contributed by atoms with Gasteiger partial charge in [0.15, 0.2) is 4.96 Å². The molecule has 0 aliphatic heterocycles. The van der Waals surface area contributed by atoms with Crippen molar-refractivity contribution >= 4 is 27.9 Å². The first-order valence-corrected chi connectivity index (χ1v) is 10.5. The first-order valence-electron chi connectivity index (χ1n) is 9.65. The molecule has 2 heterocycles. The zero-order valence-electron chi connectivity index (χ0n) is 16.5. The number of benzene rings is 2. The van der Waals surface area contributed by atoms with Crippen molar-refractivity contribution in [3.8, 4) is 17.0 Å². The number of methoxy groups -OCH3 is 1. The third-order valence-corrected chi connectivity index (χ3v) is 5.81. The maximum absolute atomic E-state index is 12.3. The van der Waals surface area contributed by atoms with E-state index >= 15 is 0 Å². The summed E-state index contributed by atoms with van der Waals surface area (Å²) in [5.41, 5.74) is 5.15. The summed E-state index contributed by atoms with van der Waals surface area (Å²) in [4.78, 5) is 18.0. The van der Waals surface area contributed by atoms with Crippen molar-refractivity contribution in [1.29, 1.82) is 0 Å². The zero-order chi connectivity index (χ0) is 20.2. The number of fused-ring (bicyclic) bond motifs is 1. The van der Waals surface area contributed by atoms with Gasteiger partial charge in [0, 0.05) is 34.9 Å². The van der Waals surface area contributed by atoms with E-state index in [9.17, 15) is 4.79 Å². The number of carbonyl (C=O) groups excluding carboxylic acids is 1. The van der Waals surface area contributed by atoms with E-state index in [1.807, 2.05) is 54.7 Å². The van der Waals surface area contributed by atoms with Crippen molar-refractivity contribution in [2.24, 2.45) is 0 Å². The molecule has 0 aliphatic carbocycles. The predicted octanol–water partition coefficient (Wildman–Crippen LogP) is 5.21. The Morgan fingerprint density at radius 2 is 1.90 bits per heavy atom. The summed E-state index contributed by atoms with van der Waals surface area (Å²) < 4.78 is 7.29. The molecule has 1 N–H and O–H groups in total. The Morgan fingerprint density at radius 1 is 1.14 bits per heavy atom. The van der Waals surface area contributed by atoms with Gasteiger partial charge in [-0.25, -0.2) is 4.98 Å². The van der Waals surface area contributed by atoms with E-state index in [1.54, 1.807) is 18.4 Å². The number of carbonyl (C=O) groups is 1. The van der Waals surface area contributed by atoms with Crippen molar-refractivity contribution in [2.45, 2.75) is 26.2 Å². The Kier molecular flexibility index (Phi) is 5.62. The summed E-state index contributed by atoms with van der Waals surface area (Å²) in [6, 6.07) is 15.9. The number of imidazole rings is 1. The van der Waals surface area contributed by atoms with Crippen LogP contribution in [0.4, 0.5) is 5.69 Å². The second-order valence-electron chi connectivity index (χ2n) is 6.83. The first kappa shape index (κ1) is 19.2. The van der Waals surface area contributed by atoms with Gasteiger partial charge in [-0.15, -0.1) is 11.3 Å². The van der Waals surface area contributed by atoms with E-state index in [0.717, 1.165) is 39.8 Å². The fourth-order valence-electron chi connectivity index (χ4n) is 3.20. The first-order chi connectivity index (χ1) is 14.2. The number of thiazole rings is 1. The Labute approximate surface area is 174 Å². The van der Waals surface area contributed by atoms with Crippen molar-refractivity contribution in [3.05, 3.63) is 71.4 Å². The molecule has 0 aliphatic rings. The molecule has 0 bridgehead atoms. The van der Waals surface area contributed by atoms with Gasteiger partial charge in [-0.2, -0.15) is 0 Å². The number of anilines is 1. The average Bonchev–Trinajstić information content (AvgIpc) is 3.34. The van der Waals surface area contributed by atoms with Crippen molar-refractivity contribution in [2.75, 3.05) is 12.4 Å². The average molecular weight is 406 g/mol. The van der Waals surface area contributed by atoms with E-state index < -0.39 is 0 Å². The van der Waals surface area contributed by atoms with Crippen LogP contribution in [0, 0.1) is 0 Å². The molecular formula is C23H23N3O2S. The van der Waals surface area contributed by atoms with Gasteiger partial charge in [-0.05, 0) is 54.8 Å². The summed E-state index contributed by atoms with van der Waals surface area (Å²) >= 11 is 1.59. The lowest BCUT2D eigenvalue weighted by atomic mass is 10.1. The lowest BCUT2D eigenvalue weighted by Gasteiger charge is -2.06. The van der Waals surface area contributed by atoms with Gasteiger partial charge in [0.2, 0.25) is 5.91 Å². The number of aromatic nitrogens is 2. The number of nitrogens with zero attached hydrogens (tertiary/aromatic N) is 2. The van der Waals surface area contributed by atoms with Crippen LogP contribution in [0.2, 0.25) is 0 Å². The molecule has 148 valence electrons. The standard InChI is InChI=1S/C23H23N3O2S/c1-3-16-4-8-18(9-5-16)24-22(27)13-10-19-15-29-23-25-21(14-26(19)23)17-6-11-20(28-2)12-7-17/h4-9,11-12,14-15H,3,10,13H2,1-2H3,(H,24,27). The number of hydrogen-bond acceptors (Lipinski definition) is 4. The molecule has 2 aromatic carbocycles. The third kappa shape index (κ3) is 4.32. The van der Waals surface area contributed by atoms with Gasteiger partial charge < -0.3 is 10.1 Å². The molecule has 6 heteroatoms. The monoisotopic (exact) mass is 405 g/mol. The minimum Gasteiger partial charge on any atom is -0.497 e. The van der Waals surface area contributed by atoms with Crippen LogP contribution < -0.4 is 10.1 Å². The van der Waals surface area contributed by atoms with E-state index in [1.165, 1.54) is 5.56 Å². The molecular weight excluding hydrogens is 382 g/mol. The van der Waals surface area contributed by atoms with Gasteiger partial charge in [0.1, 0.15) is 5.75 Å². The molecule has 0 unspecified atom stereocenters. The highest BCUT2D eigenvalue weighted by Gasteiger charge is 2.11. The number of rotatable bonds is 7. The van der Waals surface area contributed by atoms with Crippen LogP contribution in [-0.2, 0) is 17.6 Å². The molecule has 0 saturated heterocycles. The number of nitrogens with one attached hydrogen (secondary N) is 1. The number of ether oxygens (including phenoxy) is 1. The Bertz CT molecular complexity index is 1110. The van der Waals surface area contributed by atoms with Crippen LogP contribution in [0.5, 0.6) is 5.75 Å². The van der Waals surface area contributed by atoms with Crippen LogP contribution in [0.1, 0.15) is 24.6 Å². The third-order valence-electron chi connectivity index (χ3n) is 4.92. The molecule has 0 saturated carbocycles. The second kappa shape index (κ2) is 8.49. The van der Waals surface area contributed by atoms with Gasteiger partial charge in [-0.3, -0.25) is 9.20 Å². The molecule has 2 aromatic heterocycles. The highest BCUT2D eigenvalue weighted by molar-refractivity contribution is 7.15. The van der Waals surface area contributed by atoms with E-state index in [2.05, 4.69) is 22.0 Å². The summed E-state index contributed by atoms with van der Waals surface area (Å²) in [5, 5.41) is 5.05. The molecule has 0 atom stereocenters. The van der Waals surface area contributed by atoms with Crippen LogP contribution in [0.3, 0.4) is 0 Å². The minimum atomic E-state index is 0.0177. The van der Waals surface area contributed by atoms with Crippen LogP contribution >= 0.6 is 11.3 Å². The maximum atomic E-state index is 12.3. The second-order valence-corrected chi connectivity index (χ2v) is 7.67. The van der Waals surface area contributed by atoms with Gasteiger partial charge >= 0.3 is 0 Å². The Hall–Kier alpha value is -3.12. The Morgan fingerprint density at radius 3 is 2.59 bits per heavy atom. The smallest absolute Gasteiger partial charge is 0.224 e. The topological polar surface area (TPSA) is 55.6 Å². The predicted molar refractivity (Wildman–Crippen MR) is 118 cm³/mol. The summed E-state index contributed by atoms with van der Waals surface area (Å²) in [7, 11) is 1.66. The Balaban J connectivity index is 1.42. The van der Waals surface area contributed by atoms with Gasteiger partial charge in [-0.1, -0.05) is 19.1 Å². The number of aryl methyl sites for hydroxylation is 2. The van der Waals surface area contributed by atoms with Crippen molar-refractivity contribution in [1.82, 2.24) is 9.38 Å². The van der Waals surface area contributed by atoms with Gasteiger partial charge in [0.25, 0.3) is 0 Å². The summed E-state index contributed by atoms with van der Waals surface area (Å²) in [6.45, 7) is 2.12. The lowest BCUT2D eigenvalue weighted by molar-refractivity contribution is -0.116. The highest BCUT2D eigenvalue weighted by atomic mass is 32.1. The normalized spacial score (nSPS) is 11.0. The van der Waals surface area contributed by atoms with Crippen molar-refractivity contribution < 1.29 is 9.53 Å². The van der Waals surface area contributed by atoms with Crippen LogP contribution in [0.15, 0.2) is 60.1 Å². The molecule has 29 heavy (non-hydrogen) atoms. The summed E-state index contributed by atoms with van der Waals surface area (Å²) in [6.07, 6.45) is 4.12. The van der Waals surface area contributed by atoms with Crippen LogP contribution in [-0.4, -0.2) is 22.4 Å². The SMILES string of the molecule is CCc1ccc(NC(=O)CCc2csc3nc(-c4ccc(OC)cc4)cn23)cc1. The fraction of sp³-hybridized carbons (Fsp3) is 0.217. The fourth-order valence-corrected chi connectivity index (χ4v) is 4.11. The van der Waals surface area contributed by atoms with E-state index in [0.29, 0.717) is 12.8 Å². The maximum Gasteiger partial charge on any atom is 0.224 e. The largest absolute Gasteiger partial charge is 0.497 e. The highest BCUT2D eigenvalue weighted by Crippen LogP contribution is 2.26. The van der Waals surface area contributed by atoms with Gasteiger partial charge in [0.05, 0.1) is 12.8 Å². The lowest BCUT2D eigenvalue weighted by Crippen LogP contribution is -2.12. The molecule has 0 fully saturated rings. The van der Waals surface area contributed by atoms with E-state index in [4.69, 9.17) is 9.72 Å². The van der Waals surface area contributed by atoms with Crippen molar-refractivity contribution in [3.63, 3.8) is 0 Å².